The third-order valence-electron chi connectivity index (χ3n) is 5.43. The van der Waals surface area contributed by atoms with E-state index in [4.69, 9.17) is 0 Å². The molecule has 1 aliphatic heterocycles. The number of unbranched alkanes of at least 4 members (excludes halogenated alkanes) is 1. The van der Waals surface area contributed by atoms with Gasteiger partial charge in [0.1, 0.15) is 17.7 Å². The van der Waals surface area contributed by atoms with Crippen LogP contribution in [0.15, 0.2) is 48.1 Å². The van der Waals surface area contributed by atoms with Crippen molar-refractivity contribution in [1.29, 1.82) is 0 Å². The number of nitrogens with one attached hydrogen (secondary N) is 1. The third kappa shape index (κ3) is 6.00. The molecule has 0 fully saturated rings. The largest absolute Gasteiger partial charge is 0.357 e. The molecule has 2 aromatic heterocycles. The average molecular weight is 454 g/mol. The van der Waals surface area contributed by atoms with Gasteiger partial charge in [-0.2, -0.15) is 0 Å². The minimum absolute atomic E-state index is 0.133. The van der Waals surface area contributed by atoms with Gasteiger partial charge in [-0.05, 0) is 31.4 Å². The SMILES string of the molecule is CCCCN(C)C(=O)C1=C(C=O)CCCN1CC(=O)Nc1cnc(-c2cccnc2)c(F)c1. The van der Waals surface area contributed by atoms with E-state index in [2.05, 4.69) is 15.3 Å². The molecule has 0 atom stereocenters. The number of carbonyl (C=O) groups excluding carboxylic acids is 3. The fraction of sp³-hybridized carbons (Fsp3) is 0.375. The third-order valence-corrected chi connectivity index (χ3v) is 5.43. The summed E-state index contributed by atoms with van der Waals surface area (Å²) >= 11 is 0. The van der Waals surface area contributed by atoms with Gasteiger partial charge in [0, 0.05) is 49.7 Å². The highest BCUT2D eigenvalue weighted by molar-refractivity contribution is 6.00. The Balaban J connectivity index is 1.72. The number of aromatic nitrogens is 2. The Kier molecular flexibility index (Phi) is 8.23. The Hall–Kier alpha value is -3.62. The standard InChI is InChI=1S/C24H28FN5O3/c1-3-4-10-29(2)24(33)23-18(16-31)8-6-11-30(23)15-21(32)28-19-12-20(25)22(27-14-19)17-7-5-9-26-13-17/h5,7,9,12-14,16H,3-4,6,8,10-11,15H2,1-2H3,(H,28,32). The van der Waals surface area contributed by atoms with Gasteiger partial charge >= 0.3 is 0 Å². The zero-order valence-corrected chi connectivity index (χ0v) is 18.9. The van der Waals surface area contributed by atoms with Crippen LogP contribution >= 0.6 is 0 Å². The lowest BCUT2D eigenvalue weighted by atomic mass is 10.0. The highest BCUT2D eigenvalue weighted by Gasteiger charge is 2.29. The molecule has 174 valence electrons. The maximum absolute atomic E-state index is 14.6. The fourth-order valence-electron chi connectivity index (χ4n) is 3.71. The minimum atomic E-state index is -0.588. The molecule has 9 heteroatoms. The molecule has 2 aromatic rings. The van der Waals surface area contributed by atoms with Crippen LogP contribution in [0.4, 0.5) is 10.1 Å². The van der Waals surface area contributed by atoms with Crippen LogP contribution < -0.4 is 5.32 Å². The number of aldehydes is 1. The summed E-state index contributed by atoms with van der Waals surface area (Å²) in [5.74, 6) is -1.29. The summed E-state index contributed by atoms with van der Waals surface area (Å²) < 4.78 is 14.6. The van der Waals surface area contributed by atoms with Crippen molar-refractivity contribution in [1.82, 2.24) is 19.8 Å². The number of amides is 2. The Morgan fingerprint density at radius 1 is 1.33 bits per heavy atom. The molecule has 0 bridgehead atoms. The number of hydrogen-bond donors (Lipinski definition) is 1. The summed E-state index contributed by atoms with van der Waals surface area (Å²) in [6.07, 6.45) is 8.10. The van der Waals surface area contributed by atoms with Crippen molar-refractivity contribution in [3.05, 3.63) is 53.9 Å². The van der Waals surface area contributed by atoms with E-state index in [1.54, 1.807) is 35.2 Å². The van der Waals surface area contributed by atoms with E-state index in [1.165, 1.54) is 18.5 Å². The molecule has 3 heterocycles. The lowest BCUT2D eigenvalue weighted by Gasteiger charge is -2.33. The first-order valence-corrected chi connectivity index (χ1v) is 11.0. The first-order chi connectivity index (χ1) is 15.9. The minimum Gasteiger partial charge on any atom is -0.357 e. The first-order valence-electron chi connectivity index (χ1n) is 11.0. The molecule has 0 unspecified atom stereocenters. The van der Waals surface area contributed by atoms with Crippen molar-refractivity contribution >= 4 is 23.8 Å². The molecule has 8 nitrogen and oxygen atoms in total. The predicted molar refractivity (Wildman–Crippen MR) is 122 cm³/mol. The van der Waals surface area contributed by atoms with Crippen LogP contribution in [-0.2, 0) is 14.4 Å². The van der Waals surface area contributed by atoms with Crippen LogP contribution in [0.25, 0.3) is 11.3 Å². The van der Waals surface area contributed by atoms with E-state index in [0.29, 0.717) is 43.4 Å². The maximum atomic E-state index is 14.6. The molecule has 0 radical (unpaired) electrons. The second-order valence-corrected chi connectivity index (χ2v) is 7.94. The number of pyridine rings is 2. The van der Waals surface area contributed by atoms with Crippen molar-refractivity contribution < 1.29 is 18.8 Å². The molecular formula is C24H28FN5O3. The lowest BCUT2D eigenvalue weighted by Crippen LogP contribution is -2.43. The maximum Gasteiger partial charge on any atom is 0.270 e. The summed E-state index contributed by atoms with van der Waals surface area (Å²) in [7, 11) is 1.69. The predicted octanol–water partition coefficient (Wildman–Crippen LogP) is 3.03. The monoisotopic (exact) mass is 453 g/mol. The number of rotatable bonds is 9. The van der Waals surface area contributed by atoms with Gasteiger partial charge in [0.2, 0.25) is 5.91 Å². The molecule has 1 aliphatic rings. The van der Waals surface area contributed by atoms with Gasteiger partial charge < -0.3 is 15.1 Å². The number of nitrogens with zero attached hydrogens (tertiary/aromatic N) is 4. The number of halogens is 1. The zero-order valence-electron chi connectivity index (χ0n) is 18.9. The molecule has 0 aromatic carbocycles. The van der Waals surface area contributed by atoms with Gasteiger partial charge in [-0.3, -0.25) is 24.4 Å². The van der Waals surface area contributed by atoms with E-state index >= 15 is 0 Å². The van der Waals surface area contributed by atoms with E-state index in [0.717, 1.165) is 12.8 Å². The van der Waals surface area contributed by atoms with Crippen molar-refractivity contribution in [3.63, 3.8) is 0 Å². The Labute approximate surface area is 192 Å². The molecule has 2 amide bonds. The van der Waals surface area contributed by atoms with Gasteiger partial charge in [-0.25, -0.2) is 4.39 Å². The topological polar surface area (TPSA) is 95.5 Å². The van der Waals surface area contributed by atoms with Crippen molar-refractivity contribution in [2.24, 2.45) is 0 Å². The van der Waals surface area contributed by atoms with Crippen molar-refractivity contribution in [3.8, 4) is 11.3 Å². The first kappa shape index (κ1) is 24.0. The van der Waals surface area contributed by atoms with Crippen molar-refractivity contribution in [2.45, 2.75) is 32.6 Å². The summed E-state index contributed by atoms with van der Waals surface area (Å²) in [5.41, 5.74) is 1.54. The normalized spacial score (nSPS) is 13.6. The van der Waals surface area contributed by atoms with Crippen LogP contribution in [0.3, 0.4) is 0 Å². The van der Waals surface area contributed by atoms with Crippen LogP contribution in [0.5, 0.6) is 0 Å². The van der Waals surface area contributed by atoms with Crippen molar-refractivity contribution in [2.75, 3.05) is 32.0 Å². The molecule has 0 saturated heterocycles. The summed E-state index contributed by atoms with van der Waals surface area (Å²) in [6.45, 7) is 2.94. The number of likely N-dealkylation sites (N-methyl/N-ethyl adjacent to an activating group) is 1. The van der Waals surface area contributed by atoms with Gasteiger partial charge in [-0.15, -0.1) is 0 Å². The van der Waals surface area contributed by atoms with Crippen LogP contribution in [-0.4, -0.2) is 64.6 Å². The van der Waals surface area contributed by atoms with Crippen LogP contribution in [0.2, 0.25) is 0 Å². The smallest absolute Gasteiger partial charge is 0.270 e. The Morgan fingerprint density at radius 2 is 2.15 bits per heavy atom. The van der Waals surface area contributed by atoms with Crippen LogP contribution in [0.1, 0.15) is 32.6 Å². The molecule has 3 rings (SSSR count). The number of anilines is 1. The summed E-state index contributed by atoms with van der Waals surface area (Å²) in [6, 6.07) is 4.57. The second-order valence-electron chi connectivity index (χ2n) is 7.94. The number of allylic oxidation sites excluding steroid dienone is 1. The lowest BCUT2D eigenvalue weighted by molar-refractivity contribution is -0.128. The number of carbonyl (C=O) groups is 3. The van der Waals surface area contributed by atoms with E-state index in [9.17, 15) is 18.8 Å². The zero-order chi connectivity index (χ0) is 23.8. The second kappa shape index (κ2) is 11.3. The fourth-order valence-corrected chi connectivity index (χ4v) is 3.71. The molecular weight excluding hydrogens is 425 g/mol. The Morgan fingerprint density at radius 3 is 2.82 bits per heavy atom. The van der Waals surface area contributed by atoms with E-state index in [-0.39, 0.29) is 29.5 Å². The van der Waals surface area contributed by atoms with Gasteiger partial charge in [0.15, 0.2) is 5.82 Å². The average Bonchev–Trinajstić information content (AvgIpc) is 2.82. The van der Waals surface area contributed by atoms with Crippen LogP contribution in [0, 0.1) is 5.82 Å². The molecule has 33 heavy (non-hydrogen) atoms. The molecule has 0 saturated carbocycles. The summed E-state index contributed by atoms with van der Waals surface area (Å²) in [4.78, 5) is 48.6. The summed E-state index contributed by atoms with van der Waals surface area (Å²) in [5, 5.41) is 2.63. The van der Waals surface area contributed by atoms with E-state index < -0.39 is 11.7 Å². The van der Waals surface area contributed by atoms with Gasteiger partial charge in [-0.1, -0.05) is 13.3 Å². The molecule has 1 N–H and O–H groups in total. The van der Waals surface area contributed by atoms with Gasteiger partial charge in [0.25, 0.3) is 5.91 Å². The quantitative estimate of drug-likeness (QED) is 0.587. The molecule has 0 aliphatic carbocycles. The Bertz CT molecular complexity index is 1040. The van der Waals surface area contributed by atoms with E-state index in [1.807, 2.05) is 6.92 Å². The van der Waals surface area contributed by atoms with Gasteiger partial charge in [0.05, 0.1) is 18.4 Å². The number of hydrogen-bond acceptors (Lipinski definition) is 6. The highest BCUT2D eigenvalue weighted by atomic mass is 19.1. The molecule has 0 spiro atoms. The highest BCUT2D eigenvalue weighted by Crippen LogP contribution is 2.24.